The van der Waals surface area contributed by atoms with E-state index < -0.39 is 11.9 Å². The van der Waals surface area contributed by atoms with E-state index in [2.05, 4.69) is 29.4 Å². The van der Waals surface area contributed by atoms with Crippen LogP contribution in [-0.4, -0.2) is 31.9 Å². The van der Waals surface area contributed by atoms with Crippen LogP contribution in [0.2, 0.25) is 0 Å². The number of rotatable bonds is 2. The van der Waals surface area contributed by atoms with Gasteiger partial charge < -0.3 is 19.4 Å². The number of hydrogen-bond acceptors (Lipinski definition) is 6. The van der Waals surface area contributed by atoms with E-state index in [4.69, 9.17) is 0 Å². The van der Waals surface area contributed by atoms with Gasteiger partial charge >= 0.3 is 24.0 Å². The van der Waals surface area contributed by atoms with E-state index in [1.165, 1.54) is 24.8 Å². The minimum absolute atomic E-state index is 0. The Kier molecular flexibility index (Phi) is 4.41. The van der Waals surface area contributed by atoms with E-state index >= 15 is 0 Å². The fraction of sp³-hybridized carbons (Fsp3) is 0. The number of aromatic nitrogens is 4. The van der Waals surface area contributed by atoms with Gasteiger partial charge in [-0.1, -0.05) is 0 Å². The largest absolute Gasteiger partial charge is 0.425 e. The Bertz CT molecular complexity index is 435. The van der Waals surface area contributed by atoms with Crippen LogP contribution in [0.5, 0.6) is 12.0 Å². The predicted octanol–water partition coefficient (Wildman–Crippen LogP) is -0.359. The van der Waals surface area contributed by atoms with Gasteiger partial charge in [0.2, 0.25) is 0 Å². The smallest absolute Gasteiger partial charge is 0.384 e. The maximum Gasteiger partial charge on any atom is 0.425 e. The van der Waals surface area contributed by atoms with Crippen molar-refractivity contribution in [3.8, 4) is 12.0 Å². The molecule has 2 N–H and O–H groups in total. The predicted molar refractivity (Wildman–Crippen MR) is 48.4 cm³/mol. The fourth-order valence-corrected chi connectivity index (χ4v) is 0.872. The molecule has 0 atom stereocenters. The van der Waals surface area contributed by atoms with Gasteiger partial charge in [0.05, 0.1) is 0 Å². The third kappa shape index (κ3) is 3.42. The van der Waals surface area contributed by atoms with Crippen LogP contribution in [0.4, 0.5) is 0 Å². The maximum atomic E-state index is 11.1. The Balaban J connectivity index is 0.00000144. The third-order valence-corrected chi connectivity index (χ3v) is 1.49. The Morgan fingerprint density at radius 2 is 1.35 bits per heavy atom. The first-order valence-electron chi connectivity index (χ1n) is 4.18. The maximum absolute atomic E-state index is 11.1. The quantitative estimate of drug-likeness (QED) is 0.442. The summed E-state index contributed by atoms with van der Waals surface area (Å²) >= 11 is 0. The second-order valence-corrected chi connectivity index (χ2v) is 2.57. The summed E-state index contributed by atoms with van der Waals surface area (Å²) in [4.78, 5) is 34.5. The zero-order valence-corrected chi connectivity index (χ0v) is 9.14. The summed E-state index contributed by atoms with van der Waals surface area (Å²) in [5, 5.41) is 0. The first kappa shape index (κ1) is 12.9. The van der Waals surface area contributed by atoms with E-state index in [9.17, 15) is 9.59 Å². The fourth-order valence-electron chi connectivity index (χ4n) is 0.872. The van der Waals surface area contributed by atoms with Crippen molar-refractivity contribution in [1.29, 1.82) is 0 Å². The third-order valence-electron chi connectivity index (χ3n) is 1.49. The van der Waals surface area contributed by atoms with Gasteiger partial charge in [-0.3, -0.25) is 0 Å². The van der Waals surface area contributed by atoms with Crippen LogP contribution in [-0.2, 0) is 26.1 Å². The average molecular weight is 281 g/mol. The first-order chi connectivity index (χ1) is 7.75. The van der Waals surface area contributed by atoms with Crippen molar-refractivity contribution >= 4 is 11.9 Å². The van der Waals surface area contributed by atoms with Crippen LogP contribution < -0.4 is 9.47 Å². The molecule has 8 nitrogen and oxygen atoms in total. The van der Waals surface area contributed by atoms with Crippen LogP contribution in [0, 0.1) is 0 Å². The van der Waals surface area contributed by atoms with Gasteiger partial charge in [-0.15, -0.1) is 0 Å². The molecule has 2 aromatic heterocycles. The number of imidazole rings is 2. The van der Waals surface area contributed by atoms with Crippen molar-refractivity contribution in [2.45, 2.75) is 0 Å². The summed E-state index contributed by atoms with van der Waals surface area (Å²) in [5.41, 5.74) is 0. The van der Waals surface area contributed by atoms with Gasteiger partial charge in [-0.2, -0.15) is 0 Å². The Hall–Kier alpha value is -2.15. The zero-order valence-electron chi connectivity index (χ0n) is 8.15. The number of hydrogen-bond donors (Lipinski definition) is 2. The Morgan fingerprint density at radius 3 is 1.65 bits per heavy atom. The number of esters is 2. The summed E-state index contributed by atoms with van der Waals surface area (Å²) < 4.78 is 9.09. The molecule has 0 unspecified atom stereocenters. The van der Waals surface area contributed by atoms with Gasteiger partial charge in [-0.25, -0.2) is 19.6 Å². The number of aromatic amines is 2. The van der Waals surface area contributed by atoms with Crippen LogP contribution in [0.25, 0.3) is 0 Å². The summed E-state index contributed by atoms with van der Waals surface area (Å²) in [6, 6.07) is -0.164. The number of carbonyl (C=O) groups excluding carboxylic acids is 2. The van der Waals surface area contributed by atoms with Crippen LogP contribution in [0.1, 0.15) is 0 Å². The minimum Gasteiger partial charge on any atom is -0.384 e. The molecule has 9 heteroatoms. The van der Waals surface area contributed by atoms with Crippen LogP contribution >= 0.6 is 0 Å². The number of ether oxygens (including phenoxy) is 2. The van der Waals surface area contributed by atoms with Crippen molar-refractivity contribution in [3.63, 3.8) is 0 Å². The molecule has 2 heterocycles. The molecular formula is C8H6N4NiO4. The summed E-state index contributed by atoms with van der Waals surface area (Å²) in [5.74, 6) is -2.38. The van der Waals surface area contributed by atoms with Gasteiger partial charge in [0, 0.05) is 41.3 Å². The molecule has 0 aliphatic carbocycles. The van der Waals surface area contributed by atoms with E-state index in [-0.39, 0.29) is 28.5 Å². The molecule has 0 aliphatic heterocycles. The summed E-state index contributed by atoms with van der Waals surface area (Å²) in [6.07, 6.45) is 5.64. The molecule has 0 amide bonds. The molecule has 0 fully saturated rings. The second-order valence-electron chi connectivity index (χ2n) is 2.57. The summed E-state index contributed by atoms with van der Waals surface area (Å²) in [6.45, 7) is 0. The summed E-state index contributed by atoms with van der Waals surface area (Å²) in [7, 11) is 0. The number of nitrogens with one attached hydrogen (secondary N) is 2. The molecule has 17 heavy (non-hydrogen) atoms. The van der Waals surface area contributed by atoms with Crippen molar-refractivity contribution in [1.82, 2.24) is 19.9 Å². The molecule has 0 saturated carbocycles. The number of H-pyrrole nitrogens is 2. The van der Waals surface area contributed by atoms with Crippen molar-refractivity contribution in [2.24, 2.45) is 0 Å². The SMILES string of the molecule is O=C(Oc1ncc[nH]1)C(=O)Oc1ncc[nH]1.[Ni]. The molecule has 2 rings (SSSR count). The Morgan fingerprint density at radius 1 is 0.941 bits per heavy atom. The van der Waals surface area contributed by atoms with Gasteiger partial charge in [-0.05, 0) is 0 Å². The van der Waals surface area contributed by atoms with Crippen molar-refractivity contribution in [3.05, 3.63) is 24.8 Å². The monoisotopic (exact) mass is 280 g/mol. The van der Waals surface area contributed by atoms with Crippen molar-refractivity contribution < 1.29 is 35.6 Å². The molecule has 92 valence electrons. The minimum atomic E-state index is -1.19. The van der Waals surface area contributed by atoms with Crippen LogP contribution in [0.3, 0.4) is 0 Å². The van der Waals surface area contributed by atoms with E-state index in [0.717, 1.165) is 0 Å². The first-order valence-corrected chi connectivity index (χ1v) is 4.18. The normalized spacial score (nSPS) is 9.18. The topological polar surface area (TPSA) is 110 Å². The molecule has 0 radical (unpaired) electrons. The molecule has 0 aromatic carbocycles. The van der Waals surface area contributed by atoms with Gasteiger partial charge in [0.15, 0.2) is 0 Å². The Labute approximate surface area is 105 Å². The van der Waals surface area contributed by atoms with Crippen molar-refractivity contribution in [2.75, 3.05) is 0 Å². The average Bonchev–Trinajstić information content (AvgIpc) is 2.90. The van der Waals surface area contributed by atoms with E-state index in [0.29, 0.717) is 0 Å². The van der Waals surface area contributed by atoms with Crippen LogP contribution in [0.15, 0.2) is 24.8 Å². The molecule has 0 aliphatic rings. The molecular weight excluding hydrogens is 275 g/mol. The van der Waals surface area contributed by atoms with E-state index in [1.807, 2.05) is 0 Å². The molecule has 0 bridgehead atoms. The zero-order chi connectivity index (χ0) is 11.4. The molecule has 0 saturated heterocycles. The number of carbonyl (C=O) groups is 2. The standard InChI is InChI=1S/C8H6N4O4.Ni/c13-5(15-7-9-1-2-10-7)6(14)16-8-11-3-4-12-8;/h1-4H,(H,9,10)(H,11,12);. The second kappa shape index (κ2) is 5.81. The number of nitrogens with zero attached hydrogens (tertiary/aromatic N) is 2. The molecule has 2 aromatic rings. The van der Waals surface area contributed by atoms with E-state index in [1.54, 1.807) is 0 Å². The van der Waals surface area contributed by atoms with Gasteiger partial charge in [0.25, 0.3) is 0 Å². The van der Waals surface area contributed by atoms with Gasteiger partial charge in [0.1, 0.15) is 0 Å². The molecule has 0 spiro atoms.